The standard InChI is InChI=1S/C10H10N2S/c1-13-9-6-10(11)12-8-5-3-2-4-7(8)9/h2-6H,1H3,(H2,11,12). The van der Waals surface area contributed by atoms with Crippen molar-refractivity contribution in [3.05, 3.63) is 30.3 Å². The number of nitrogen functional groups attached to an aromatic ring is 1. The Bertz CT molecular complexity index is 440. The van der Waals surface area contributed by atoms with E-state index in [1.807, 2.05) is 30.5 Å². The summed E-state index contributed by atoms with van der Waals surface area (Å²) < 4.78 is 0. The molecule has 1 heterocycles. The van der Waals surface area contributed by atoms with Crippen LogP contribution >= 0.6 is 11.8 Å². The lowest BCUT2D eigenvalue weighted by Crippen LogP contribution is -1.91. The van der Waals surface area contributed by atoms with Gasteiger partial charge in [0.2, 0.25) is 0 Å². The summed E-state index contributed by atoms with van der Waals surface area (Å²) in [4.78, 5) is 5.43. The average molecular weight is 190 g/mol. The Morgan fingerprint density at radius 3 is 2.85 bits per heavy atom. The van der Waals surface area contributed by atoms with Crippen LogP contribution in [0.1, 0.15) is 0 Å². The predicted molar refractivity (Wildman–Crippen MR) is 57.9 cm³/mol. The first-order valence-electron chi connectivity index (χ1n) is 4.00. The van der Waals surface area contributed by atoms with Gasteiger partial charge in [-0.25, -0.2) is 4.98 Å². The van der Waals surface area contributed by atoms with Crippen molar-refractivity contribution in [2.75, 3.05) is 12.0 Å². The summed E-state index contributed by atoms with van der Waals surface area (Å²) in [5.41, 5.74) is 6.64. The highest BCUT2D eigenvalue weighted by molar-refractivity contribution is 7.98. The fraction of sp³-hybridized carbons (Fsp3) is 0.100. The lowest BCUT2D eigenvalue weighted by molar-refractivity contribution is 1.36. The van der Waals surface area contributed by atoms with E-state index < -0.39 is 0 Å². The fourth-order valence-corrected chi connectivity index (χ4v) is 1.96. The van der Waals surface area contributed by atoms with E-state index in [0.717, 1.165) is 5.52 Å². The second-order valence-corrected chi connectivity index (χ2v) is 3.61. The van der Waals surface area contributed by atoms with Crippen molar-refractivity contribution in [3.8, 4) is 0 Å². The maximum Gasteiger partial charge on any atom is 0.125 e. The van der Waals surface area contributed by atoms with Crippen LogP contribution in [0.3, 0.4) is 0 Å². The number of fused-ring (bicyclic) bond motifs is 1. The zero-order valence-electron chi connectivity index (χ0n) is 7.32. The van der Waals surface area contributed by atoms with Gasteiger partial charge in [0.1, 0.15) is 5.82 Å². The number of benzene rings is 1. The molecule has 0 radical (unpaired) electrons. The summed E-state index contributed by atoms with van der Waals surface area (Å²) in [5, 5.41) is 1.17. The topological polar surface area (TPSA) is 38.9 Å². The zero-order chi connectivity index (χ0) is 9.26. The van der Waals surface area contributed by atoms with Crippen LogP contribution in [-0.4, -0.2) is 11.2 Å². The van der Waals surface area contributed by atoms with Crippen molar-refractivity contribution in [1.29, 1.82) is 0 Å². The van der Waals surface area contributed by atoms with Crippen LogP contribution in [0.25, 0.3) is 10.9 Å². The molecule has 2 rings (SSSR count). The van der Waals surface area contributed by atoms with E-state index in [1.54, 1.807) is 11.8 Å². The Hall–Kier alpha value is -1.22. The molecule has 0 atom stereocenters. The largest absolute Gasteiger partial charge is 0.384 e. The van der Waals surface area contributed by atoms with Gasteiger partial charge in [-0.2, -0.15) is 0 Å². The number of aromatic nitrogens is 1. The third-order valence-corrected chi connectivity index (χ3v) is 2.70. The minimum Gasteiger partial charge on any atom is -0.384 e. The lowest BCUT2D eigenvalue weighted by Gasteiger charge is -2.03. The van der Waals surface area contributed by atoms with Gasteiger partial charge in [0.25, 0.3) is 0 Å². The Kier molecular flexibility index (Phi) is 2.10. The maximum atomic E-state index is 5.68. The molecule has 2 aromatic rings. The van der Waals surface area contributed by atoms with E-state index >= 15 is 0 Å². The molecule has 1 aromatic carbocycles. The lowest BCUT2D eigenvalue weighted by atomic mass is 10.2. The third-order valence-electron chi connectivity index (χ3n) is 1.92. The van der Waals surface area contributed by atoms with Gasteiger partial charge in [-0.05, 0) is 18.4 Å². The molecule has 0 aliphatic heterocycles. The van der Waals surface area contributed by atoms with Gasteiger partial charge in [0.05, 0.1) is 5.52 Å². The first-order chi connectivity index (χ1) is 6.31. The van der Waals surface area contributed by atoms with E-state index in [0.29, 0.717) is 5.82 Å². The van der Waals surface area contributed by atoms with Gasteiger partial charge in [-0.15, -0.1) is 11.8 Å². The van der Waals surface area contributed by atoms with Crippen LogP contribution in [0, 0.1) is 0 Å². The molecule has 0 bridgehead atoms. The SMILES string of the molecule is CSc1cc(N)nc2ccccc12. The minimum absolute atomic E-state index is 0.586. The molecule has 0 aliphatic carbocycles. The van der Waals surface area contributed by atoms with E-state index in [1.165, 1.54) is 10.3 Å². The minimum atomic E-state index is 0.586. The normalized spacial score (nSPS) is 10.5. The second-order valence-electron chi connectivity index (χ2n) is 2.77. The Morgan fingerprint density at radius 1 is 1.31 bits per heavy atom. The fourth-order valence-electron chi connectivity index (χ4n) is 1.33. The van der Waals surface area contributed by atoms with Gasteiger partial charge >= 0.3 is 0 Å². The van der Waals surface area contributed by atoms with Crippen LogP contribution in [0.4, 0.5) is 5.82 Å². The maximum absolute atomic E-state index is 5.68. The number of nitrogens with zero attached hydrogens (tertiary/aromatic N) is 1. The molecule has 1 aromatic heterocycles. The van der Waals surface area contributed by atoms with Crippen molar-refractivity contribution in [3.63, 3.8) is 0 Å². The number of thioether (sulfide) groups is 1. The molecule has 0 amide bonds. The summed E-state index contributed by atoms with van der Waals surface area (Å²) in [6.45, 7) is 0. The van der Waals surface area contributed by atoms with Gasteiger partial charge in [-0.1, -0.05) is 18.2 Å². The predicted octanol–water partition coefficient (Wildman–Crippen LogP) is 2.54. The van der Waals surface area contributed by atoms with Gasteiger partial charge in [0.15, 0.2) is 0 Å². The molecule has 2 N–H and O–H groups in total. The number of hydrogen-bond donors (Lipinski definition) is 1. The highest BCUT2D eigenvalue weighted by atomic mass is 32.2. The first-order valence-corrected chi connectivity index (χ1v) is 5.23. The smallest absolute Gasteiger partial charge is 0.125 e. The van der Waals surface area contributed by atoms with Gasteiger partial charge in [0, 0.05) is 10.3 Å². The number of para-hydroxylation sites is 1. The number of hydrogen-bond acceptors (Lipinski definition) is 3. The van der Waals surface area contributed by atoms with Crippen molar-refractivity contribution in [2.45, 2.75) is 4.90 Å². The summed E-state index contributed by atoms with van der Waals surface area (Å²) in [7, 11) is 0. The zero-order valence-corrected chi connectivity index (χ0v) is 8.14. The van der Waals surface area contributed by atoms with E-state index in [2.05, 4.69) is 11.1 Å². The highest BCUT2D eigenvalue weighted by Gasteiger charge is 2.01. The number of nitrogens with two attached hydrogens (primary N) is 1. The molecule has 0 unspecified atom stereocenters. The monoisotopic (exact) mass is 190 g/mol. The molecule has 0 saturated heterocycles. The number of anilines is 1. The van der Waals surface area contributed by atoms with Gasteiger partial charge in [-0.3, -0.25) is 0 Å². The van der Waals surface area contributed by atoms with E-state index in [-0.39, 0.29) is 0 Å². The molecule has 0 saturated carbocycles. The molecule has 0 spiro atoms. The van der Waals surface area contributed by atoms with Crippen LogP contribution in [0.2, 0.25) is 0 Å². The molecule has 3 heteroatoms. The molecular weight excluding hydrogens is 180 g/mol. The number of rotatable bonds is 1. The van der Waals surface area contributed by atoms with Crippen molar-refractivity contribution < 1.29 is 0 Å². The Labute approximate surface area is 81.2 Å². The molecule has 2 nitrogen and oxygen atoms in total. The second kappa shape index (κ2) is 3.26. The Balaban J connectivity index is 2.81. The number of pyridine rings is 1. The van der Waals surface area contributed by atoms with Crippen LogP contribution in [0.15, 0.2) is 35.2 Å². The summed E-state index contributed by atoms with van der Waals surface area (Å²) in [6, 6.07) is 9.94. The van der Waals surface area contributed by atoms with E-state index in [9.17, 15) is 0 Å². The third kappa shape index (κ3) is 1.47. The molecule has 13 heavy (non-hydrogen) atoms. The van der Waals surface area contributed by atoms with Crippen molar-refractivity contribution in [1.82, 2.24) is 4.98 Å². The van der Waals surface area contributed by atoms with Crippen molar-refractivity contribution in [2.24, 2.45) is 0 Å². The van der Waals surface area contributed by atoms with Crippen LogP contribution in [-0.2, 0) is 0 Å². The molecular formula is C10H10N2S. The van der Waals surface area contributed by atoms with Crippen LogP contribution in [0.5, 0.6) is 0 Å². The summed E-state index contributed by atoms with van der Waals surface area (Å²) >= 11 is 1.69. The molecule has 0 fully saturated rings. The van der Waals surface area contributed by atoms with E-state index in [4.69, 9.17) is 5.73 Å². The average Bonchev–Trinajstić information content (AvgIpc) is 2.16. The Morgan fingerprint density at radius 2 is 2.08 bits per heavy atom. The molecule has 66 valence electrons. The summed E-state index contributed by atoms with van der Waals surface area (Å²) in [6.07, 6.45) is 2.04. The van der Waals surface area contributed by atoms with Crippen LogP contribution < -0.4 is 5.73 Å². The summed E-state index contributed by atoms with van der Waals surface area (Å²) in [5.74, 6) is 0.586. The van der Waals surface area contributed by atoms with Gasteiger partial charge < -0.3 is 5.73 Å². The first kappa shape index (κ1) is 8.38. The highest BCUT2D eigenvalue weighted by Crippen LogP contribution is 2.26. The van der Waals surface area contributed by atoms with Crippen molar-refractivity contribution >= 4 is 28.5 Å². The quantitative estimate of drug-likeness (QED) is 0.702. The molecule has 0 aliphatic rings.